The number of hydrogen-bond donors (Lipinski definition) is 3. The van der Waals surface area contributed by atoms with E-state index in [1.54, 1.807) is 37.4 Å². The molecule has 3 N–H and O–H groups in total. The van der Waals surface area contributed by atoms with Crippen molar-refractivity contribution in [3.05, 3.63) is 71.8 Å². The van der Waals surface area contributed by atoms with Crippen LogP contribution >= 0.6 is 11.6 Å². The number of aromatic nitrogens is 2. The number of nitrogens with zero attached hydrogens (tertiary/aromatic N) is 3. The maximum atomic E-state index is 13.4. The van der Waals surface area contributed by atoms with Crippen LogP contribution in [0.15, 0.2) is 60.9 Å². The molecule has 0 bridgehead atoms. The lowest BCUT2D eigenvalue weighted by Gasteiger charge is -2.14. The first kappa shape index (κ1) is 28.8. The molecule has 0 saturated heterocycles. The summed E-state index contributed by atoms with van der Waals surface area (Å²) >= 11 is 5.86. The number of carbonyl (C=O) groups excluding carboxylic acids is 1. The van der Waals surface area contributed by atoms with Crippen LogP contribution in [0.25, 0.3) is 0 Å². The molecule has 0 saturated carbocycles. The third-order valence-corrected chi connectivity index (χ3v) is 5.53. The molecule has 9 nitrogen and oxygen atoms in total. The van der Waals surface area contributed by atoms with Gasteiger partial charge in [0.1, 0.15) is 29.5 Å². The first-order chi connectivity index (χ1) is 18.4. The Morgan fingerprint density at radius 1 is 1.08 bits per heavy atom. The number of likely N-dealkylation sites (N-methyl/N-ethyl adjacent to an activating group) is 1. The number of ether oxygens (including phenoxy) is 2. The van der Waals surface area contributed by atoms with E-state index in [9.17, 15) is 9.18 Å². The van der Waals surface area contributed by atoms with Gasteiger partial charge in [0.15, 0.2) is 0 Å². The van der Waals surface area contributed by atoms with E-state index in [0.717, 1.165) is 19.6 Å². The first-order valence-electron chi connectivity index (χ1n) is 12.1. The topological polar surface area (TPSA) is 101 Å². The molecule has 38 heavy (non-hydrogen) atoms. The van der Waals surface area contributed by atoms with E-state index in [0.29, 0.717) is 47.6 Å². The normalized spacial score (nSPS) is 11.1. The summed E-state index contributed by atoms with van der Waals surface area (Å²) in [5, 5.41) is 9.10. The van der Waals surface area contributed by atoms with Crippen molar-refractivity contribution in [2.24, 2.45) is 0 Å². The monoisotopic (exact) mass is 542 g/mol. The van der Waals surface area contributed by atoms with Crippen molar-refractivity contribution in [3.8, 4) is 5.75 Å². The minimum absolute atomic E-state index is 0.00452. The molecule has 0 atom stereocenters. The molecule has 0 fully saturated rings. The molecule has 1 amide bonds. The van der Waals surface area contributed by atoms with Gasteiger partial charge in [-0.3, -0.25) is 4.79 Å². The summed E-state index contributed by atoms with van der Waals surface area (Å²) in [6.07, 6.45) is 5.69. The van der Waals surface area contributed by atoms with Crippen LogP contribution in [0.1, 0.15) is 13.3 Å². The Kier molecular flexibility index (Phi) is 11.3. The van der Waals surface area contributed by atoms with Crippen LogP contribution in [0, 0.1) is 5.82 Å². The SMILES string of the molecule is CCCOCCN(C)CC=CC(=O)Nc1ccc(OC)c(Nc2cc(Nc3ccc(F)c(Cl)c3)ncn2)c1. The summed E-state index contributed by atoms with van der Waals surface area (Å²) in [5.41, 5.74) is 1.75. The van der Waals surface area contributed by atoms with Crippen molar-refractivity contribution in [3.63, 3.8) is 0 Å². The van der Waals surface area contributed by atoms with E-state index in [2.05, 4.69) is 37.7 Å². The first-order valence-corrected chi connectivity index (χ1v) is 12.5. The second-order valence-electron chi connectivity index (χ2n) is 8.35. The van der Waals surface area contributed by atoms with Crippen molar-refractivity contribution in [1.29, 1.82) is 0 Å². The minimum Gasteiger partial charge on any atom is -0.495 e. The van der Waals surface area contributed by atoms with Gasteiger partial charge in [-0.1, -0.05) is 24.6 Å². The minimum atomic E-state index is -0.503. The fourth-order valence-corrected chi connectivity index (χ4v) is 3.50. The molecule has 0 unspecified atom stereocenters. The molecule has 11 heteroatoms. The van der Waals surface area contributed by atoms with Gasteiger partial charge in [0.05, 0.1) is 24.4 Å². The lowest BCUT2D eigenvalue weighted by atomic mass is 10.2. The van der Waals surface area contributed by atoms with Crippen LogP contribution in [-0.4, -0.2) is 61.2 Å². The molecule has 0 radical (unpaired) electrons. The lowest BCUT2D eigenvalue weighted by Crippen LogP contribution is -2.23. The Hall–Kier alpha value is -3.73. The van der Waals surface area contributed by atoms with Gasteiger partial charge in [-0.2, -0.15) is 0 Å². The zero-order chi connectivity index (χ0) is 27.3. The Labute approximate surface area is 227 Å². The van der Waals surface area contributed by atoms with Gasteiger partial charge in [-0.05, 0) is 49.9 Å². The third kappa shape index (κ3) is 9.29. The van der Waals surface area contributed by atoms with Crippen LogP contribution in [0.5, 0.6) is 5.75 Å². The molecule has 0 aliphatic carbocycles. The highest BCUT2D eigenvalue weighted by atomic mass is 35.5. The molecule has 0 spiro atoms. The third-order valence-electron chi connectivity index (χ3n) is 5.24. The van der Waals surface area contributed by atoms with Crippen molar-refractivity contribution in [2.45, 2.75) is 13.3 Å². The standard InChI is InChI=1S/C27H32ClFN6O3/c1-4-13-38-14-12-35(2)11-5-6-27(36)33-20-8-10-24(37-3)23(16-20)34-26-17-25(30-18-31-26)32-19-7-9-22(29)21(28)15-19/h5-10,15-18H,4,11-14H2,1-3H3,(H,33,36)(H2,30,31,32,34). The highest BCUT2D eigenvalue weighted by molar-refractivity contribution is 6.31. The van der Waals surface area contributed by atoms with Crippen molar-refractivity contribution >= 4 is 46.2 Å². The Balaban J connectivity index is 1.61. The fourth-order valence-electron chi connectivity index (χ4n) is 3.32. The molecule has 1 heterocycles. The number of benzene rings is 2. The summed E-state index contributed by atoms with van der Waals surface area (Å²) < 4.78 is 24.4. The number of nitrogens with one attached hydrogen (secondary N) is 3. The van der Waals surface area contributed by atoms with E-state index in [-0.39, 0.29) is 10.9 Å². The number of rotatable bonds is 14. The number of carbonyl (C=O) groups is 1. The zero-order valence-electron chi connectivity index (χ0n) is 21.6. The van der Waals surface area contributed by atoms with Crippen LogP contribution in [0.3, 0.4) is 0 Å². The van der Waals surface area contributed by atoms with Gasteiger partial charge in [0.25, 0.3) is 0 Å². The maximum Gasteiger partial charge on any atom is 0.248 e. The number of halogens is 2. The maximum absolute atomic E-state index is 13.4. The second-order valence-corrected chi connectivity index (χ2v) is 8.76. The van der Waals surface area contributed by atoms with Gasteiger partial charge in [0, 0.05) is 43.2 Å². The molecular formula is C27H32ClFN6O3. The Morgan fingerprint density at radius 2 is 1.84 bits per heavy atom. The van der Waals surface area contributed by atoms with Crippen molar-refractivity contribution < 1.29 is 18.7 Å². The molecule has 1 aromatic heterocycles. The summed E-state index contributed by atoms with van der Waals surface area (Å²) in [5.74, 6) is 0.758. The highest BCUT2D eigenvalue weighted by Gasteiger charge is 2.09. The average molecular weight is 543 g/mol. The van der Waals surface area contributed by atoms with Gasteiger partial charge >= 0.3 is 0 Å². The van der Waals surface area contributed by atoms with Crippen LogP contribution in [-0.2, 0) is 9.53 Å². The van der Waals surface area contributed by atoms with Crippen molar-refractivity contribution in [1.82, 2.24) is 14.9 Å². The van der Waals surface area contributed by atoms with Gasteiger partial charge in [-0.15, -0.1) is 0 Å². The molecule has 3 aromatic rings. The van der Waals surface area contributed by atoms with E-state index in [4.69, 9.17) is 21.1 Å². The Bertz CT molecular complexity index is 1240. The van der Waals surface area contributed by atoms with Crippen molar-refractivity contribution in [2.75, 3.05) is 56.4 Å². The quantitative estimate of drug-likeness (QED) is 0.178. The molecule has 2 aromatic carbocycles. The van der Waals surface area contributed by atoms with Gasteiger partial charge in [0.2, 0.25) is 5.91 Å². The molecule has 202 valence electrons. The predicted octanol–water partition coefficient (Wildman–Crippen LogP) is 5.62. The van der Waals surface area contributed by atoms with E-state index >= 15 is 0 Å². The van der Waals surface area contributed by atoms with Gasteiger partial charge in [-0.25, -0.2) is 14.4 Å². The Morgan fingerprint density at radius 3 is 2.58 bits per heavy atom. The summed E-state index contributed by atoms with van der Waals surface area (Å²) in [6, 6.07) is 11.2. The number of methoxy groups -OCH3 is 1. The lowest BCUT2D eigenvalue weighted by molar-refractivity contribution is -0.111. The number of hydrogen-bond acceptors (Lipinski definition) is 8. The smallest absolute Gasteiger partial charge is 0.248 e. The number of anilines is 5. The summed E-state index contributed by atoms with van der Waals surface area (Å²) in [6.45, 7) is 4.91. The largest absolute Gasteiger partial charge is 0.495 e. The molecule has 3 rings (SSSR count). The number of amides is 1. The van der Waals surface area contributed by atoms with E-state index in [1.165, 1.54) is 24.5 Å². The molecule has 0 aliphatic rings. The zero-order valence-corrected chi connectivity index (χ0v) is 22.4. The fraction of sp³-hybridized carbons (Fsp3) is 0.296. The van der Waals surface area contributed by atoms with Crippen LogP contribution in [0.4, 0.5) is 33.1 Å². The van der Waals surface area contributed by atoms with E-state index in [1.807, 2.05) is 13.1 Å². The average Bonchev–Trinajstić information content (AvgIpc) is 2.89. The molecule has 0 aliphatic heterocycles. The van der Waals surface area contributed by atoms with E-state index < -0.39 is 5.82 Å². The predicted molar refractivity (Wildman–Crippen MR) is 149 cm³/mol. The van der Waals surface area contributed by atoms with Crippen LogP contribution in [0.2, 0.25) is 5.02 Å². The van der Waals surface area contributed by atoms with Gasteiger partial charge < -0.3 is 30.3 Å². The summed E-state index contributed by atoms with van der Waals surface area (Å²) in [4.78, 5) is 22.9. The molecular weight excluding hydrogens is 511 g/mol. The van der Waals surface area contributed by atoms with Crippen LogP contribution < -0.4 is 20.7 Å². The summed E-state index contributed by atoms with van der Waals surface area (Å²) in [7, 11) is 3.53. The highest BCUT2D eigenvalue weighted by Crippen LogP contribution is 2.31. The second kappa shape index (κ2) is 14.9.